The van der Waals surface area contributed by atoms with Crippen molar-refractivity contribution in [2.24, 2.45) is 0 Å². The third-order valence-electron chi connectivity index (χ3n) is 12.6. The number of hydrogen-bond donors (Lipinski definition) is 0. The molecule has 0 amide bonds. The molecule has 63 heavy (non-hydrogen) atoms. The Balaban J connectivity index is 1.20. The molecule has 0 unspecified atom stereocenters. The zero-order chi connectivity index (χ0) is 41.4. The minimum atomic E-state index is 0.688. The summed E-state index contributed by atoms with van der Waals surface area (Å²) in [4.78, 5) is 10.5. The molecule has 0 N–H and O–H groups in total. The Morgan fingerprint density at radius 3 is 1.38 bits per heavy atom. The molecule has 0 fully saturated rings. The first-order valence-electron chi connectivity index (χ1n) is 21.4. The lowest BCUT2D eigenvalue weighted by Gasteiger charge is -2.17. The van der Waals surface area contributed by atoms with Crippen LogP contribution in [-0.2, 0) is 0 Å². The average Bonchev–Trinajstić information content (AvgIpc) is 4.00. The summed E-state index contributed by atoms with van der Waals surface area (Å²) in [5, 5.41) is 7.18. The van der Waals surface area contributed by atoms with Gasteiger partial charge >= 0.3 is 0 Å². The zero-order valence-corrected chi connectivity index (χ0v) is 34.1. The summed E-state index contributed by atoms with van der Waals surface area (Å²) in [5.74, 6) is 0.688. The lowest BCUT2D eigenvalue weighted by atomic mass is 10.0. The predicted molar refractivity (Wildman–Crippen MR) is 261 cm³/mol. The standard InChI is InChI=1S/C58H37N5/c1-5-19-38(20-6-1)48-37-49(60-58(59-48)39-21-7-2-8-22-39)40-35-47-44-28-14-17-31-51(44)61(41-23-9-3-10-24-41)56(47)54(36-40)63-52-32-18-15-29-46(52)55-53(63)34-33-45-43-27-13-16-30-50(43)62(57(45)55)42-25-11-4-12-26-42/h1-37H. The third kappa shape index (κ3) is 5.43. The van der Waals surface area contributed by atoms with E-state index in [-0.39, 0.29) is 0 Å². The molecule has 0 atom stereocenters. The molecule has 5 nitrogen and oxygen atoms in total. The van der Waals surface area contributed by atoms with E-state index in [1.54, 1.807) is 0 Å². The molecule has 0 spiro atoms. The van der Waals surface area contributed by atoms with Crippen LogP contribution in [-0.4, -0.2) is 23.7 Å². The van der Waals surface area contributed by atoms with Crippen LogP contribution < -0.4 is 0 Å². The molecule has 294 valence electrons. The molecule has 0 aliphatic heterocycles. The van der Waals surface area contributed by atoms with Crippen molar-refractivity contribution in [2.75, 3.05) is 0 Å². The highest BCUT2D eigenvalue weighted by Gasteiger charge is 2.25. The average molecular weight is 804 g/mol. The van der Waals surface area contributed by atoms with Crippen LogP contribution >= 0.6 is 0 Å². The normalized spacial score (nSPS) is 11.8. The maximum Gasteiger partial charge on any atom is 0.160 e. The van der Waals surface area contributed by atoms with Gasteiger partial charge in [0.25, 0.3) is 0 Å². The number of benzene rings is 9. The summed E-state index contributed by atoms with van der Waals surface area (Å²) < 4.78 is 7.39. The molecule has 0 saturated heterocycles. The second-order valence-electron chi connectivity index (χ2n) is 16.2. The minimum absolute atomic E-state index is 0.688. The van der Waals surface area contributed by atoms with Crippen LogP contribution in [0.2, 0.25) is 0 Å². The lowest BCUT2D eigenvalue weighted by molar-refractivity contribution is 1.13. The van der Waals surface area contributed by atoms with Gasteiger partial charge in [0, 0.05) is 60.4 Å². The molecule has 13 aromatic rings. The molecule has 13 rings (SSSR count). The Labute approximate surface area is 363 Å². The van der Waals surface area contributed by atoms with Gasteiger partial charge in [0.05, 0.1) is 50.2 Å². The van der Waals surface area contributed by atoms with Crippen LogP contribution in [0.3, 0.4) is 0 Å². The number of fused-ring (bicyclic) bond motifs is 10. The van der Waals surface area contributed by atoms with Gasteiger partial charge in [-0.2, -0.15) is 0 Å². The first-order chi connectivity index (χ1) is 31.3. The maximum absolute atomic E-state index is 5.38. The zero-order valence-electron chi connectivity index (χ0n) is 34.1. The SMILES string of the molecule is c1ccc(-c2cc(-c3cc(-n4c5ccccc5c5c4ccc4c6ccccc6n(-c6ccccc6)c45)c4c(c3)c3ccccc3n4-c3ccccc3)nc(-c3ccccc3)n2)cc1. The van der Waals surface area contributed by atoms with Crippen LogP contribution in [0.15, 0.2) is 224 Å². The van der Waals surface area contributed by atoms with E-state index in [9.17, 15) is 0 Å². The van der Waals surface area contributed by atoms with E-state index in [1.165, 1.54) is 38.0 Å². The molecule has 5 heteroatoms. The van der Waals surface area contributed by atoms with E-state index in [0.29, 0.717) is 5.82 Å². The van der Waals surface area contributed by atoms with Crippen molar-refractivity contribution >= 4 is 65.4 Å². The molecule has 0 aliphatic carbocycles. The van der Waals surface area contributed by atoms with E-state index < -0.39 is 0 Å². The smallest absolute Gasteiger partial charge is 0.160 e. The van der Waals surface area contributed by atoms with Crippen LogP contribution in [0.5, 0.6) is 0 Å². The number of aromatic nitrogens is 5. The summed E-state index contributed by atoms with van der Waals surface area (Å²) in [5.41, 5.74) is 15.0. The van der Waals surface area contributed by atoms with Crippen molar-refractivity contribution in [1.29, 1.82) is 0 Å². The van der Waals surface area contributed by atoms with Gasteiger partial charge in [-0.25, -0.2) is 9.97 Å². The largest absolute Gasteiger partial charge is 0.309 e. The quantitative estimate of drug-likeness (QED) is 0.168. The van der Waals surface area contributed by atoms with Gasteiger partial charge in [-0.1, -0.05) is 158 Å². The fraction of sp³-hybridized carbons (Fsp3) is 0. The first kappa shape index (κ1) is 35.2. The Kier molecular flexibility index (Phi) is 7.84. The Morgan fingerprint density at radius 1 is 0.286 bits per heavy atom. The molecule has 4 heterocycles. The predicted octanol–water partition coefficient (Wildman–Crippen LogP) is 14.8. The Hall–Kier alpha value is -8.54. The number of rotatable bonds is 6. The minimum Gasteiger partial charge on any atom is -0.309 e. The Morgan fingerprint density at radius 2 is 0.762 bits per heavy atom. The number of nitrogens with zero attached hydrogens (tertiary/aromatic N) is 5. The Bertz CT molecular complexity index is 3820. The maximum atomic E-state index is 5.38. The first-order valence-corrected chi connectivity index (χ1v) is 21.4. The molecule has 0 aliphatic rings. The third-order valence-corrected chi connectivity index (χ3v) is 12.6. The second-order valence-corrected chi connectivity index (χ2v) is 16.2. The molecule has 0 radical (unpaired) electrons. The summed E-state index contributed by atoms with van der Waals surface area (Å²) >= 11 is 0. The lowest BCUT2D eigenvalue weighted by Crippen LogP contribution is -2.02. The second kappa shape index (κ2) is 14.0. The molecular formula is C58H37N5. The summed E-state index contributed by atoms with van der Waals surface area (Å²) in [6, 6.07) is 80.2. The molecule has 0 bridgehead atoms. The molecular weight excluding hydrogens is 767 g/mol. The molecule has 0 saturated carbocycles. The monoisotopic (exact) mass is 803 g/mol. The van der Waals surface area contributed by atoms with Gasteiger partial charge < -0.3 is 13.7 Å². The molecule has 9 aromatic carbocycles. The highest BCUT2D eigenvalue weighted by atomic mass is 15.1. The van der Waals surface area contributed by atoms with Crippen LogP contribution in [0.4, 0.5) is 0 Å². The molecule has 4 aromatic heterocycles. The highest BCUT2D eigenvalue weighted by Crippen LogP contribution is 2.45. The topological polar surface area (TPSA) is 40.6 Å². The van der Waals surface area contributed by atoms with Gasteiger partial charge in [-0.15, -0.1) is 0 Å². The van der Waals surface area contributed by atoms with Crippen molar-refractivity contribution in [3.8, 4) is 51.0 Å². The summed E-state index contributed by atoms with van der Waals surface area (Å²) in [6.45, 7) is 0. The summed E-state index contributed by atoms with van der Waals surface area (Å²) in [7, 11) is 0. The van der Waals surface area contributed by atoms with Crippen molar-refractivity contribution in [1.82, 2.24) is 23.7 Å². The van der Waals surface area contributed by atoms with E-state index in [4.69, 9.17) is 9.97 Å². The van der Waals surface area contributed by atoms with Crippen molar-refractivity contribution in [2.45, 2.75) is 0 Å². The highest BCUT2D eigenvalue weighted by molar-refractivity contribution is 6.27. The fourth-order valence-corrected chi connectivity index (χ4v) is 9.92. The number of hydrogen-bond acceptors (Lipinski definition) is 2. The van der Waals surface area contributed by atoms with Gasteiger partial charge in [0.2, 0.25) is 0 Å². The van der Waals surface area contributed by atoms with Crippen LogP contribution in [0.1, 0.15) is 0 Å². The van der Waals surface area contributed by atoms with Crippen LogP contribution in [0, 0.1) is 0 Å². The summed E-state index contributed by atoms with van der Waals surface area (Å²) in [6.07, 6.45) is 0. The van der Waals surface area contributed by atoms with E-state index in [1.807, 2.05) is 24.3 Å². The number of para-hydroxylation sites is 5. The van der Waals surface area contributed by atoms with E-state index in [0.717, 1.165) is 72.6 Å². The van der Waals surface area contributed by atoms with E-state index >= 15 is 0 Å². The van der Waals surface area contributed by atoms with Gasteiger partial charge in [0.1, 0.15) is 0 Å². The van der Waals surface area contributed by atoms with Crippen molar-refractivity contribution in [3.63, 3.8) is 0 Å². The van der Waals surface area contributed by atoms with Crippen LogP contribution in [0.25, 0.3) is 116 Å². The van der Waals surface area contributed by atoms with Crippen molar-refractivity contribution in [3.05, 3.63) is 224 Å². The fourth-order valence-electron chi connectivity index (χ4n) is 9.92. The van der Waals surface area contributed by atoms with Gasteiger partial charge in [-0.05, 0) is 66.7 Å². The van der Waals surface area contributed by atoms with E-state index in [2.05, 4.69) is 214 Å². The van der Waals surface area contributed by atoms with Gasteiger partial charge in [0.15, 0.2) is 5.82 Å². The van der Waals surface area contributed by atoms with Crippen molar-refractivity contribution < 1.29 is 0 Å². The van der Waals surface area contributed by atoms with Gasteiger partial charge in [-0.3, -0.25) is 0 Å².